The number of amides is 2. The fourth-order valence-electron chi connectivity index (χ4n) is 3.47. The molecule has 0 spiro atoms. The number of rotatable bonds is 4. The lowest BCUT2D eigenvalue weighted by Crippen LogP contribution is -2.25. The highest BCUT2D eigenvalue weighted by atomic mass is 32.2. The number of aromatic nitrogens is 2. The van der Waals surface area contributed by atoms with E-state index < -0.39 is 0 Å². The summed E-state index contributed by atoms with van der Waals surface area (Å²) in [5.74, 6) is -0.190. The summed E-state index contributed by atoms with van der Waals surface area (Å²) in [5, 5.41) is 3.72. The fourth-order valence-corrected chi connectivity index (χ4v) is 4.01. The first-order valence-electron chi connectivity index (χ1n) is 8.98. The Kier molecular flexibility index (Phi) is 4.92. The van der Waals surface area contributed by atoms with E-state index in [1.807, 2.05) is 59.4 Å². The molecule has 0 atom stereocenters. The predicted octanol–water partition coefficient (Wildman–Crippen LogP) is 3.76. The Balaban J connectivity index is 1.62. The van der Waals surface area contributed by atoms with E-state index in [9.17, 15) is 9.59 Å². The second-order valence-electron chi connectivity index (χ2n) is 6.52. The van der Waals surface area contributed by atoms with Gasteiger partial charge in [-0.15, -0.1) is 0 Å². The Bertz CT molecular complexity index is 1050. The van der Waals surface area contributed by atoms with Crippen LogP contribution in [-0.2, 0) is 11.2 Å². The SMILES string of the molecule is CSc1ncc(C(=O)Nc2ccc3c(c2)CCN3C(C)=O)n1-c1ccccc1. The van der Waals surface area contributed by atoms with Crippen LogP contribution in [0.4, 0.5) is 11.4 Å². The van der Waals surface area contributed by atoms with Crippen LogP contribution in [0.5, 0.6) is 0 Å². The highest BCUT2D eigenvalue weighted by Gasteiger charge is 2.23. The van der Waals surface area contributed by atoms with E-state index in [0.29, 0.717) is 17.9 Å². The van der Waals surface area contributed by atoms with Crippen molar-refractivity contribution in [2.75, 3.05) is 23.0 Å². The third-order valence-corrected chi connectivity index (χ3v) is 5.43. The van der Waals surface area contributed by atoms with Gasteiger partial charge >= 0.3 is 0 Å². The number of thioether (sulfide) groups is 1. The van der Waals surface area contributed by atoms with Crippen LogP contribution >= 0.6 is 11.8 Å². The molecule has 2 aromatic carbocycles. The number of hydrogen-bond donors (Lipinski definition) is 1. The van der Waals surface area contributed by atoms with Crippen molar-refractivity contribution in [1.29, 1.82) is 0 Å². The van der Waals surface area contributed by atoms with Gasteiger partial charge in [0.15, 0.2) is 5.16 Å². The number of anilines is 2. The maximum absolute atomic E-state index is 13.0. The zero-order chi connectivity index (χ0) is 19.7. The molecule has 4 rings (SSSR count). The lowest BCUT2D eigenvalue weighted by atomic mass is 10.1. The molecule has 0 bridgehead atoms. The van der Waals surface area contributed by atoms with Gasteiger partial charge in [0, 0.05) is 30.5 Å². The average molecular weight is 392 g/mol. The van der Waals surface area contributed by atoms with Gasteiger partial charge in [-0.25, -0.2) is 4.98 Å². The number of benzene rings is 2. The summed E-state index contributed by atoms with van der Waals surface area (Å²) in [4.78, 5) is 30.8. The molecule has 1 aliphatic heterocycles. The minimum Gasteiger partial charge on any atom is -0.321 e. The van der Waals surface area contributed by atoms with Gasteiger partial charge in [-0.1, -0.05) is 30.0 Å². The molecule has 3 aromatic rings. The van der Waals surface area contributed by atoms with Gasteiger partial charge < -0.3 is 10.2 Å². The minimum absolute atomic E-state index is 0.0342. The zero-order valence-electron chi connectivity index (χ0n) is 15.7. The third-order valence-electron chi connectivity index (χ3n) is 4.77. The monoisotopic (exact) mass is 392 g/mol. The van der Waals surface area contributed by atoms with E-state index >= 15 is 0 Å². The van der Waals surface area contributed by atoms with Crippen molar-refractivity contribution >= 4 is 35.0 Å². The van der Waals surface area contributed by atoms with Gasteiger partial charge in [0.25, 0.3) is 5.91 Å². The third kappa shape index (κ3) is 3.29. The highest BCUT2D eigenvalue weighted by Crippen LogP contribution is 2.31. The summed E-state index contributed by atoms with van der Waals surface area (Å²) in [6, 6.07) is 15.4. The summed E-state index contributed by atoms with van der Waals surface area (Å²) >= 11 is 1.49. The van der Waals surface area contributed by atoms with Crippen molar-refractivity contribution in [3.05, 3.63) is 66.0 Å². The van der Waals surface area contributed by atoms with Crippen molar-refractivity contribution < 1.29 is 9.59 Å². The van der Waals surface area contributed by atoms with Crippen molar-refractivity contribution in [1.82, 2.24) is 9.55 Å². The molecule has 0 aliphatic carbocycles. The number of nitrogens with one attached hydrogen (secondary N) is 1. The molecule has 2 amide bonds. The first-order valence-corrected chi connectivity index (χ1v) is 10.2. The summed E-state index contributed by atoms with van der Waals surface area (Å²) in [5.41, 5.74) is 4.06. The Hall–Kier alpha value is -3.06. The Morgan fingerprint density at radius 2 is 1.93 bits per heavy atom. The number of fused-ring (bicyclic) bond motifs is 1. The molecule has 0 saturated heterocycles. The van der Waals surface area contributed by atoms with E-state index in [1.54, 1.807) is 18.0 Å². The molecule has 0 radical (unpaired) electrons. The standard InChI is InChI=1S/C21H20N4O2S/c1-14(26)24-11-10-15-12-16(8-9-18(15)24)23-20(27)19-13-22-21(28-2)25(19)17-6-4-3-5-7-17/h3-9,12-13H,10-11H2,1-2H3,(H,23,27). The fraction of sp³-hybridized carbons (Fsp3) is 0.190. The van der Waals surface area contributed by atoms with Gasteiger partial charge in [0.05, 0.1) is 6.20 Å². The van der Waals surface area contributed by atoms with Crippen LogP contribution in [0.3, 0.4) is 0 Å². The molecule has 7 heteroatoms. The van der Waals surface area contributed by atoms with Crippen LogP contribution < -0.4 is 10.2 Å². The van der Waals surface area contributed by atoms with Gasteiger partial charge in [-0.2, -0.15) is 0 Å². The number of para-hydroxylation sites is 1. The quantitative estimate of drug-likeness (QED) is 0.687. The largest absolute Gasteiger partial charge is 0.321 e. The first kappa shape index (κ1) is 18.3. The van der Waals surface area contributed by atoms with Crippen LogP contribution in [0, 0.1) is 0 Å². The maximum Gasteiger partial charge on any atom is 0.274 e. The molecule has 1 aromatic heterocycles. The van der Waals surface area contributed by atoms with Gasteiger partial charge in [0.1, 0.15) is 5.69 Å². The molecule has 6 nitrogen and oxygen atoms in total. The van der Waals surface area contributed by atoms with E-state index in [1.165, 1.54) is 11.8 Å². The normalized spacial score (nSPS) is 12.7. The topological polar surface area (TPSA) is 67.2 Å². The van der Waals surface area contributed by atoms with E-state index in [0.717, 1.165) is 28.5 Å². The molecule has 0 fully saturated rings. The molecular weight excluding hydrogens is 372 g/mol. The highest BCUT2D eigenvalue weighted by molar-refractivity contribution is 7.98. The zero-order valence-corrected chi connectivity index (χ0v) is 16.5. The molecular formula is C21H20N4O2S. The number of carbonyl (C=O) groups is 2. The van der Waals surface area contributed by atoms with Crippen molar-refractivity contribution in [3.63, 3.8) is 0 Å². The van der Waals surface area contributed by atoms with E-state index in [2.05, 4.69) is 10.3 Å². The summed E-state index contributed by atoms with van der Waals surface area (Å²) < 4.78 is 1.85. The lowest BCUT2D eigenvalue weighted by Gasteiger charge is -2.15. The van der Waals surface area contributed by atoms with Crippen molar-refractivity contribution in [2.45, 2.75) is 18.5 Å². The molecule has 28 heavy (non-hydrogen) atoms. The Morgan fingerprint density at radius 3 is 2.64 bits per heavy atom. The lowest BCUT2D eigenvalue weighted by molar-refractivity contribution is -0.116. The number of nitrogens with zero attached hydrogens (tertiary/aromatic N) is 3. The molecule has 1 aliphatic rings. The van der Waals surface area contributed by atoms with Gasteiger partial charge in [-0.05, 0) is 48.6 Å². The van der Waals surface area contributed by atoms with Crippen LogP contribution in [0.15, 0.2) is 59.9 Å². The van der Waals surface area contributed by atoms with E-state index in [-0.39, 0.29) is 11.8 Å². The average Bonchev–Trinajstić information content (AvgIpc) is 3.32. The summed E-state index contributed by atoms with van der Waals surface area (Å²) in [6.07, 6.45) is 4.32. The maximum atomic E-state index is 13.0. The summed E-state index contributed by atoms with van der Waals surface area (Å²) in [6.45, 7) is 2.25. The van der Waals surface area contributed by atoms with Crippen LogP contribution in [-0.4, -0.2) is 34.2 Å². The van der Waals surface area contributed by atoms with Gasteiger partial charge in [0.2, 0.25) is 5.91 Å². The number of carbonyl (C=O) groups excluding carboxylic acids is 2. The van der Waals surface area contributed by atoms with Crippen LogP contribution in [0.25, 0.3) is 5.69 Å². The Labute approximate surface area is 167 Å². The molecule has 142 valence electrons. The molecule has 1 N–H and O–H groups in total. The Morgan fingerprint density at radius 1 is 1.14 bits per heavy atom. The number of imidazole rings is 1. The van der Waals surface area contributed by atoms with Crippen molar-refractivity contribution in [3.8, 4) is 5.69 Å². The summed E-state index contributed by atoms with van der Waals surface area (Å²) in [7, 11) is 0. The van der Waals surface area contributed by atoms with Crippen LogP contribution in [0.1, 0.15) is 23.0 Å². The second-order valence-corrected chi connectivity index (χ2v) is 7.29. The van der Waals surface area contributed by atoms with Crippen molar-refractivity contribution in [2.24, 2.45) is 0 Å². The predicted molar refractivity (Wildman–Crippen MR) is 111 cm³/mol. The smallest absolute Gasteiger partial charge is 0.274 e. The first-order chi connectivity index (χ1) is 13.6. The van der Waals surface area contributed by atoms with Crippen LogP contribution in [0.2, 0.25) is 0 Å². The van der Waals surface area contributed by atoms with E-state index in [4.69, 9.17) is 0 Å². The molecule has 0 unspecified atom stereocenters. The number of hydrogen-bond acceptors (Lipinski definition) is 4. The molecule has 2 heterocycles. The molecule has 0 saturated carbocycles. The minimum atomic E-state index is -0.224. The second kappa shape index (κ2) is 7.52. The van der Waals surface area contributed by atoms with Gasteiger partial charge in [-0.3, -0.25) is 14.2 Å².